The van der Waals surface area contributed by atoms with E-state index in [4.69, 9.17) is 21.3 Å². The molecular weight excluding hydrogens is 286 g/mol. The van der Waals surface area contributed by atoms with Crippen molar-refractivity contribution in [1.29, 1.82) is 0 Å². The van der Waals surface area contributed by atoms with Crippen molar-refractivity contribution in [2.24, 2.45) is 0 Å². The Morgan fingerprint density at radius 2 is 2.10 bits per heavy atom. The predicted molar refractivity (Wildman–Crippen MR) is 85.2 cm³/mol. The first kappa shape index (κ1) is 15.0. The number of ether oxygens (including phenoxy) is 1. The van der Waals surface area contributed by atoms with Crippen LogP contribution in [0.15, 0.2) is 0 Å². The second-order valence-corrected chi connectivity index (χ2v) is 6.53. The summed E-state index contributed by atoms with van der Waals surface area (Å²) >= 11 is 6.32. The second-order valence-electron chi connectivity index (χ2n) is 6.18. The van der Waals surface area contributed by atoms with Gasteiger partial charge in [0.05, 0.1) is 6.10 Å². The molecule has 1 atom stereocenters. The maximum absolute atomic E-state index is 6.32. The molecule has 2 heterocycles. The monoisotopic (exact) mass is 309 g/mol. The van der Waals surface area contributed by atoms with E-state index in [1.165, 1.54) is 12.8 Å². The first-order valence-corrected chi connectivity index (χ1v) is 8.47. The molecule has 1 aliphatic carbocycles. The Labute approximate surface area is 131 Å². The number of anilines is 1. The lowest BCUT2D eigenvalue weighted by Crippen LogP contribution is -2.40. The topological polar surface area (TPSA) is 38.2 Å². The number of nitrogens with zero attached hydrogens (tertiary/aromatic N) is 3. The Morgan fingerprint density at radius 3 is 2.81 bits per heavy atom. The van der Waals surface area contributed by atoms with Crippen LogP contribution in [0.5, 0.6) is 0 Å². The van der Waals surface area contributed by atoms with E-state index >= 15 is 0 Å². The fourth-order valence-corrected chi connectivity index (χ4v) is 3.05. The SMILES string of the molecule is CCCOC1CCCN(c2nc(C3CC3)nc(Cl)c2C)C1. The number of hydrogen-bond donors (Lipinski definition) is 0. The molecule has 21 heavy (non-hydrogen) atoms. The van der Waals surface area contributed by atoms with E-state index in [1.807, 2.05) is 6.92 Å². The van der Waals surface area contributed by atoms with Gasteiger partial charge in [0.2, 0.25) is 0 Å². The Kier molecular flexibility index (Phi) is 4.65. The minimum atomic E-state index is 0.316. The second kappa shape index (κ2) is 6.49. The summed E-state index contributed by atoms with van der Waals surface area (Å²) in [5.74, 6) is 2.47. The standard InChI is InChI=1S/C16H24ClN3O/c1-3-9-21-13-5-4-8-20(10-13)16-11(2)14(17)18-15(19-16)12-6-7-12/h12-13H,3-10H2,1-2H3. The molecule has 0 radical (unpaired) electrons. The zero-order chi connectivity index (χ0) is 14.8. The van der Waals surface area contributed by atoms with Crippen molar-refractivity contribution in [1.82, 2.24) is 9.97 Å². The summed E-state index contributed by atoms with van der Waals surface area (Å²) in [6.07, 6.45) is 6.07. The normalized spacial score (nSPS) is 22.6. The number of aromatic nitrogens is 2. The van der Waals surface area contributed by atoms with Gasteiger partial charge in [0.15, 0.2) is 0 Å². The number of rotatable bonds is 5. The van der Waals surface area contributed by atoms with Gasteiger partial charge < -0.3 is 9.64 Å². The van der Waals surface area contributed by atoms with Crippen LogP contribution in [0.3, 0.4) is 0 Å². The first-order chi connectivity index (χ1) is 10.2. The van der Waals surface area contributed by atoms with Crippen LogP contribution in [0.4, 0.5) is 5.82 Å². The lowest BCUT2D eigenvalue weighted by atomic mass is 10.1. The highest BCUT2D eigenvalue weighted by atomic mass is 35.5. The molecule has 1 unspecified atom stereocenters. The third kappa shape index (κ3) is 3.49. The van der Waals surface area contributed by atoms with E-state index < -0.39 is 0 Å². The van der Waals surface area contributed by atoms with Crippen LogP contribution < -0.4 is 4.90 Å². The first-order valence-electron chi connectivity index (χ1n) is 8.09. The van der Waals surface area contributed by atoms with E-state index in [9.17, 15) is 0 Å². The molecule has 0 bridgehead atoms. The van der Waals surface area contributed by atoms with Crippen molar-refractivity contribution in [2.45, 2.75) is 58.0 Å². The van der Waals surface area contributed by atoms with Gasteiger partial charge in [0.25, 0.3) is 0 Å². The van der Waals surface area contributed by atoms with Crippen LogP contribution in [0.1, 0.15) is 56.3 Å². The Morgan fingerprint density at radius 1 is 1.29 bits per heavy atom. The van der Waals surface area contributed by atoms with Crippen molar-refractivity contribution in [2.75, 3.05) is 24.6 Å². The van der Waals surface area contributed by atoms with E-state index in [0.717, 1.165) is 56.2 Å². The van der Waals surface area contributed by atoms with Gasteiger partial charge in [0.1, 0.15) is 16.8 Å². The van der Waals surface area contributed by atoms with Crippen molar-refractivity contribution in [3.05, 3.63) is 16.5 Å². The molecule has 2 fully saturated rings. The van der Waals surface area contributed by atoms with Gasteiger partial charge >= 0.3 is 0 Å². The molecule has 116 valence electrons. The highest BCUT2D eigenvalue weighted by Gasteiger charge is 2.30. The molecule has 5 heteroatoms. The van der Waals surface area contributed by atoms with Crippen LogP contribution in [-0.2, 0) is 4.74 Å². The lowest BCUT2D eigenvalue weighted by Gasteiger charge is -2.34. The molecule has 3 rings (SSSR count). The number of piperidine rings is 1. The van der Waals surface area contributed by atoms with Crippen molar-refractivity contribution in [3.63, 3.8) is 0 Å². The van der Waals surface area contributed by atoms with Crippen LogP contribution >= 0.6 is 11.6 Å². The van der Waals surface area contributed by atoms with Gasteiger partial charge in [-0.3, -0.25) is 0 Å². The fourth-order valence-electron chi connectivity index (χ4n) is 2.88. The van der Waals surface area contributed by atoms with E-state index in [1.54, 1.807) is 0 Å². The zero-order valence-electron chi connectivity index (χ0n) is 12.9. The van der Waals surface area contributed by atoms with E-state index in [0.29, 0.717) is 17.2 Å². The molecule has 1 aliphatic heterocycles. The third-order valence-electron chi connectivity index (χ3n) is 4.26. The molecule has 0 aromatic carbocycles. The van der Waals surface area contributed by atoms with E-state index in [2.05, 4.69) is 16.8 Å². The van der Waals surface area contributed by atoms with E-state index in [-0.39, 0.29) is 0 Å². The number of hydrogen-bond acceptors (Lipinski definition) is 4. The minimum Gasteiger partial charge on any atom is -0.376 e. The van der Waals surface area contributed by atoms with Crippen molar-refractivity contribution < 1.29 is 4.74 Å². The van der Waals surface area contributed by atoms with Gasteiger partial charge in [-0.1, -0.05) is 18.5 Å². The summed E-state index contributed by atoms with van der Waals surface area (Å²) in [7, 11) is 0. The maximum Gasteiger partial charge on any atom is 0.137 e. The highest BCUT2D eigenvalue weighted by Crippen LogP contribution is 2.40. The predicted octanol–water partition coefficient (Wildman–Crippen LogP) is 3.71. The smallest absolute Gasteiger partial charge is 0.137 e. The Bertz CT molecular complexity index is 505. The average Bonchev–Trinajstić information content (AvgIpc) is 3.33. The molecule has 0 spiro atoms. The Balaban J connectivity index is 1.78. The quantitative estimate of drug-likeness (QED) is 0.777. The molecule has 1 saturated heterocycles. The van der Waals surface area contributed by atoms with Crippen LogP contribution in [0, 0.1) is 6.92 Å². The van der Waals surface area contributed by atoms with Gasteiger partial charge in [-0.15, -0.1) is 0 Å². The average molecular weight is 310 g/mol. The van der Waals surface area contributed by atoms with Gasteiger partial charge in [-0.05, 0) is 39.0 Å². The van der Waals surface area contributed by atoms with Crippen LogP contribution in [0.2, 0.25) is 5.15 Å². The fraction of sp³-hybridized carbons (Fsp3) is 0.750. The largest absolute Gasteiger partial charge is 0.376 e. The molecule has 1 aromatic rings. The van der Waals surface area contributed by atoms with Gasteiger partial charge in [0, 0.05) is 31.2 Å². The molecule has 1 aromatic heterocycles. The molecule has 0 amide bonds. The van der Waals surface area contributed by atoms with Crippen LogP contribution in [0.25, 0.3) is 0 Å². The van der Waals surface area contributed by atoms with Gasteiger partial charge in [-0.25, -0.2) is 9.97 Å². The molecule has 1 saturated carbocycles. The van der Waals surface area contributed by atoms with Gasteiger partial charge in [-0.2, -0.15) is 0 Å². The minimum absolute atomic E-state index is 0.316. The van der Waals surface area contributed by atoms with Crippen LogP contribution in [-0.4, -0.2) is 35.8 Å². The summed E-state index contributed by atoms with van der Waals surface area (Å²) in [5, 5.41) is 0.610. The Hall–Kier alpha value is -0.870. The zero-order valence-corrected chi connectivity index (χ0v) is 13.7. The van der Waals surface area contributed by atoms with Crippen molar-refractivity contribution >= 4 is 17.4 Å². The third-order valence-corrected chi connectivity index (χ3v) is 4.62. The molecule has 2 aliphatic rings. The van der Waals surface area contributed by atoms with Crippen molar-refractivity contribution in [3.8, 4) is 0 Å². The lowest BCUT2D eigenvalue weighted by molar-refractivity contribution is 0.0439. The summed E-state index contributed by atoms with van der Waals surface area (Å²) in [6.45, 7) is 6.96. The summed E-state index contributed by atoms with van der Waals surface area (Å²) in [6, 6.07) is 0. The molecule has 4 nitrogen and oxygen atoms in total. The summed E-state index contributed by atoms with van der Waals surface area (Å²) in [5.41, 5.74) is 0.997. The summed E-state index contributed by atoms with van der Waals surface area (Å²) < 4.78 is 5.93. The summed E-state index contributed by atoms with van der Waals surface area (Å²) in [4.78, 5) is 11.6. The maximum atomic E-state index is 6.32. The molecule has 0 N–H and O–H groups in total. The molecular formula is C16H24ClN3O. The highest BCUT2D eigenvalue weighted by molar-refractivity contribution is 6.30. The number of halogens is 1.